The molecule has 1 saturated heterocycles. The number of fused-ring (bicyclic) bond motifs is 5. The molecule has 10 N–H and O–H groups in total. The van der Waals surface area contributed by atoms with Gasteiger partial charge in [0.25, 0.3) is 5.91 Å². The number of carbonyl (C=O) groups is 4. The number of nitrogens with one attached hydrogen (secondary N) is 2. The van der Waals surface area contributed by atoms with Crippen molar-refractivity contribution in [3.8, 4) is 0 Å². The summed E-state index contributed by atoms with van der Waals surface area (Å²) >= 11 is 0. The van der Waals surface area contributed by atoms with Crippen LogP contribution in [0, 0.1) is 46.3 Å². The van der Waals surface area contributed by atoms with Crippen molar-refractivity contribution < 1.29 is 79.0 Å². The number of amides is 2. The molecule has 18 atom stereocenters. The first-order valence-corrected chi connectivity index (χ1v) is 23.3. The zero-order valence-electron chi connectivity index (χ0n) is 38.3. The van der Waals surface area contributed by atoms with Crippen molar-refractivity contribution in [1.29, 1.82) is 0 Å². The minimum absolute atomic E-state index is 0.00350. The first-order valence-electron chi connectivity index (χ1n) is 23.3. The predicted octanol–water partition coefficient (Wildman–Crippen LogP) is 0.364. The molecule has 0 aromatic carbocycles. The van der Waals surface area contributed by atoms with E-state index in [2.05, 4.69) is 50.7 Å². The van der Waals surface area contributed by atoms with Crippen LogP contribution in [0.3, 0.4) is 0 Å². The van der Waals surface area contributed by atoms with Gasteiger partial charge in [0.15, 0.2) is 12.4 Å². The van der Waals surface area contributed by atoms with E-state index in [9.17, 15) is 60.0 Å². The second-order valence-corrected chi connectivity index (χ2v) is 20.2. The summed E-state index contributed by atoms with van der Waals surface area (Å²) in [6.45, 7) is 9.54. The van der Waals surface area contributed by atoms with Crippen LogP contribution in [0.2, 0.25) is 0 Å². The molecule has 366 valence electrons. The molecule has 4 aliphatic carbocycles. The molecule has 0 spiro atoms. The van der Waals surface area contributed by atoms with E-state index in [1.807, 2.05) is 5.32 Å². The van der Waals surface area contributed by atoms with Gasteiger partial charge in [-0.1, -0.05) is 65.5 Å². The van der Waals surface area contributed by atoms with Gasteiger partial charge in [0, 0.05) is 6.42 Å². The molecule has 5 rings (SSSR count). The first kappa shape index (κ1) is 52.4. The number of hydrogen-bond acceptors (Lipinski definition) is 17. The van der Waals surface area contributed by atoms with Gasteiger partial charge in [-0.15, -0.1) is 0 Å². The van der Waals surface area contributed by atoms with E-state index in [4.69, 9.17) is 14.2 Å². The third-order valence-electron chi connectivity index (χ3n) is 15.8. The number of hydrogen-bond donors (Lipinski definition) is 10. The smallest absolute Gasteiger partial charge is 0.319 e. The van der Waals surface area contributed by atoms with E-state index >= 15 is 0 Å². The molecule has 4 fully saturated rings. The van der Waals surface area contributed by atoms with Crippen LogP contribution >= 0.6 is 0 Å². The standard InChI is InChI=1S/C46H76N2O16/c1-23(2)8-7-9-24(3)28-12-13-29-27-11-10-25-18-26(14-16-45(25,4)30(27)15-17-46(28,29)5)62-34(52)19-31(47-20-35(53)61-6)42(59)48-43(60)39(57)38(56)41(32(51)21-49)64-44-40(58)37(55)36(54)33(22-50)63-44/h10,23-24,26-33,36-41,44,47,49-51,54-58H,7-9,11-22H2,1-6H3,(H,48,59,60)/t24-,26?,27+,28-,29+,30+,31?,32?,33?,36+,37?,38?,39?,40+,41?,44+,45+,46-/m0/s1. The number of ether oxygens (including phenoxy) is 4. The van der Waals surface area contributed by atoms with E-state index in [1.165, 1.54) is 50.5 Å². The molecule has 1 aliphatic heterocycles. The fourth-order valence-electron chi connectivity index (χ4n) is 12.1. The van der Waals surface area contributed by atoms with Crippen LogP contribution in [0.1, 0.15) is 112 Å². The van der Waals surface area contributed by atoms with Gasteiger partial charge in [0.05, 0.1) is 39.3 Å². The number of rotatable bonds is 20. The van der Waals surface area contributed by atoms with E-state index < -0.39 is 117 Å². The topological polar surface area (TPSA) is 291 Å². The third kappa shape index (κ3) is 11.5. The lowest BCUT2D eigenvalue weighted by atomic mass is 9.47. The lowest BCUT2D eigenvalue weighted by Crippen LogP contribution is -2.62. The summed E-state index contributed by atoms with van der Waals surface area (Å²) in [5, 5.41) is 86.2. The maximum Gasteiger partial charge on any atom is 0.319 e. The molecule has 64 heavy (non-hydrogen) atoms. The zero-order valence-corrected chi connectivity index (χ0v) is 38.3. The first-order chi connectivity index (χ1) is 30.2. The molecule has 5 aliphatic rings. The second-order valence-electron chi connectivity index (χ2n) is 20.2. The SMILES string of the molecule is COC(=O)CNC(CC(=O)OC1CC[C@]2(C)C(=CC[C@@H]3[C@H]4CC[C@@H]([C@@H](C)CCCC(C)C)[C@]4(C)CC[C@H]32)C1)C(=O)NC(=O)C(O)C(O)C(O[C@H]1OC(CO)[C@@H](O)C(O)[C@H]1O)C(O)CO. The maximum atomic E-state index is 13.5. The highest BCUT2D eigenvalue weighted by Gasteiger charge is 2.59. The molecule has 3 saturated carbocycles. The van der Waals surface area contributed by atoms with E-state index in [0.29, 0.717) is 36.0 Å². The van der Waals surface area contributed by atoms with Gasteiger partial charge in [-0.3, -0.25) is 29.8 Å². The number of aliphatic hydroxyl groups is 8. The minimum Gasteiger partial charge on any atom is -0.468 e. The highest BCUT2D eigenvalue weighted by atomic mass is 16.7. The summed E-state index contributed by atoms with van der Waals surface area (Å²) in [5.41, 5.74) is 1.65. The molecule has 18 nitrogen and oxygen atoms in total. The van der Waals surface area contributed by atoms with E-state index in [-0.39, 0.29) is 5.41 Å². The Morgan fingerprint density at radius 2 is 1.61 bits per heavy atom. The number of methoxy groups -OCH3 is 1. The molecular formula is C46H76N2O16. The molecule has 18 heteroatoms. The largest absolute Gasteiger partial charge is 0.468 e. The summed E-state index contributed by atoms with van der Waals surface area (Å²) in [6, 6.07) is -1.56. The van der Waals surface area contributed by atoms with Crippen LogP contribution in [-0.4, -0.2) is 159 Å². The van der Waals surface area contributed by atoms with Gasteiger partial charge in [0.1, 0.15) is 48.8 Å². The summed E-state index contributed by atoms with van der Waals surface area (Å²) in [5.74, 6) is -0.197. The Morgan fingerprint density at radius 3 is 2.27 bits per heavy atom. The van der Waals surface area contributed by atoms with Gasteiger partial charge < -0.3 is 59.8 Å². The van der Waals surface area contributed by atoms with Crippen molar-refractivity contribution in [2.45, 2.75) is 179 Å². The third-order valence-corrected chi connectivity index (χ3v) is 15.8. The minimum atomic E-state index is -2.55. The summed E-state index contributed by atoms with van der Waals surface area (Å²) in [7, 11) is 1.11. The van der Waals surface area contributed by atoms with Crippen LogP contribution in [0.15, 0.2) is 11.6 Å². The molecule has 2 amide bonds. The predicted molar refractivity (Wildman–Crippen MR) is 228 cm³/mol. The fraction of sp³-hybridized carbons (Fsp3) is 0.870. The van der Waals surface area contributed by atoms with Gasteiger partial charge in [-0.2, -0.15) is 0 Å². The van der Waals surface area contributed by atoms with Crippen molar-refractivity contribution in [2.24, 2.45) is 46.3 Å². The van der Waals surface area contributed by atoms with Gasteiger partial charge in [-0.05, 0) is 91.3 Å². The van der Waals surface area contributed by atoms with Crippen LogP contribution in [0.25, 0.3) is 0 Å². The lowest BCUT2D eigenvalue weighted by Gasteiger charge is -2.58. The van der Waals surface area contributed by atoms with Crippen LogP contribution in [0.5, 0.6) is 0 Å². The van der Waals surface area contributed by atoms with Crippen molar-refractivity contribution in [1.82, 2.24) is 10.6 Å². The summed E-state index contributed by atoms with van der Waals surface area (Å²) in [4.78, 5) is 52.1. The van der Waals surface area contributed by atoms with Crippen molar-refractivity contribution in [2.75, 3.05) is 26.9 Å². The lowest BCUT2D eigenvalue weighted by molar-refractivity contribution is -0.326. The molecule has 1 heterocycles. The second kappa shape index (κ2) is 22.5. The molecule has 0 radical (unpaired) electrons. The average molecular weight is 913 g/mol. The van der Waals surface area contributed by atoms with Crippen LogP contribution in [0.4, 0.5) is 0 Å². The van der Waals surface area contributed by atoms with Crippen molar-refractivity contribution >= 4 is 23.8 Å². The molecule has 0 bridgehead atoms. The van der Waals surface area contributed by atoms with Crippen LogP contribution in [-0.2, 0) is 38.1 Å². The van der Waals surface area contributed by atoms with Crippen LogP contribution < -0.4 is 10.6 Å². The number of esters is 2. The van der Waals surface area contributed by atoms with Gasteiger partial charge >= 0.3 is 11.9 Å². The Labute approximate surface area is 376 Å². The van der Waals surface area contributed by atoms with Crippen molar-refractivity contribution in [3.05, 3.63) is 11.6 Å². The Kier molecular flexibility index (Phi) is 18.4. The average Bonchev–Trinajstić information content (AvgIpc) is 3.63. The maximum absolute atomic E-state index is 13.5. The van der Waals surface area contributed by atoms with E-state index in [1.54, 1.807) is 0 Å². The molecular weight excluding hydrogens is 837 g/mol. The summed E-state index contributed by atoms with van der Waals surface area (Å²) in [6.07, 6.45) is -4.99. The summed E-state index contributed by atoms with van der Waals surface area (Å²) < 4.78 is 21.1. The number of aliphatic hydroxyl groups excluding tert-OH is 8. The monoisotopic (exact) mass is 913 g/mol. The Balaban J connectivity index is 1.19. The fourth-order valence-corrected chi connectivity index (χ4v) is 12.1. The highest BCUT2D eigenvalue weighted by molar-refractivity contribution is 6.01. The van der Waals surface area contributed by atoms with Gasteiger partial charge in [-0.25, -0.2) is 0 Å². The Morgan fingerprint density at radius 1 is 0.891 bits per heavy atom. The normalized spacial score (nSPS) is 36.5. The Bertz CT molecular complexity index is 1630. The molecule has 0 aromatic heterocycles. The number of carbonyl (C=O) groups excluding carboxylic acids is 4. The van der Waals surface area contributed by atoms with E-state index in [0.717, 1.165) is 37.7 Å². The number of allylic oxidation sites excluding steroid dienone is 1. The Hall–Kier alpha value is -2.62. The van der Waals surface area contributed by atoms with Crippen molar-refractivity contribution in [3.63, 3.8) is 0 Å². The number of imide groups is 1. The molecule has 0 aromatic rings. The quantitative estimate of drug-likeness (QED) is 0.0583. The van der Waals surface area contributed by atoms with Gasteiger partial charge in [0.2, 0.25) is 5.91 Å². The molecule has 8 unspecified atom stereocenters. The zero-order chi connectivity index (χ0) is 47.3. The highest BCUT2D eigenvalue weighted by Crippen LogP contribution is 2.67.